The molecule has 0 saturated carbocycles. The van der Waals surface area contributed by atoms with E-state index in [-0.39, 0.29) is 31.1 Å². The molecular formula is C49H94O6. The van der Waals surface area contributed by atoms with Gasteiger partial charge in [0, 0.05) is 19.3 Å². The van der Waals surface area contributed by atoms with Gasteiger partial charge in [-0.05, 0) is 31.1 Å². The van der Waals surface area contributed by atoms with E-state index in [9.17, 15) is 14.4 Å². The minimum Gasteiger partial charge on any atom is -0.462 e. The summed E-state index contributed by atoms with van der Waals surface area (Å²) in [5, 5.41) is 0. The van der Waals surface area contributed by atoms with E-state index in [0.29, 0.717) is 19.3 Å². The summed E-state index contributed by atoms with van der Waals surface area (Å²) in [5.74, 6) is 0.805. The van der Waals surface area contributed by atoms with Gasteiger partial charge < -0.3 is 14.2 Å². The molecule has 0 rings (SSSR count). The molecule has 0 spiro atoms. The lowest BCUT2D eigenvalue weighted by Gasteiger charge is -2.18. The number of rotatable bonds is 43. The normalized spacial score (nSPS) is 12.5. The maximum absolute atomic E-state index is 12.7. The van der Waals surface area contributed by atoms with Crippen molar-refractivity contribution in [3.63, 3.8) is 0 Å². The lowest BCUT2D eigenvalue weighted by molar-refractivity contribution is -0.167. The standard InChI is InChI=1S/C49H94O6/c1-6-8-9-10-11-19-24-31-36-41-49(52)55-46(43-54-48(51)40-35-30-26-25-28-33-38-45(5)7-2)42-53-47(50)39-34-29-23-21-18-16-14-12-13-15-17-20-22-27-32-37-44(3)4/h44-46H,6-43H2,1-5H3/t45?,46-/m1/s1. The Morgan fingerprint density at radius 2 is 0.691 bits per heavy atom. The second-order valence-corrected chi connectivity index (χ2v) is 17.5. The molecule has 0 heterocycles. The van der Waals surface area contributed by atoms with Crippen molar-refractivity contribution in [3.05, 3.63) is 0 Å². The molecule has 0 bridgehead atoms. The summed E-state index contributed by atoms with van der Waals surface area (Å²) >= 11 is 0. The van der Waals surface area contributed by atoms with E-state index in [1.54, 1.807) is 0 Å². The van der Waals surface area contributed by atoms with Crippen LogP contribution in [-0.4, -0.2) is 37.2 Å². The molecule has 0 aliphatic rings. The molecule has 55 heavy (non-hydrogen) atoms. The largest absolute Gasteiger partial charge is 0.462 e. The fraction of sp³-hybridized carbons (Fsp3) is 0.939. The molecular weight excluding hydrogens is 685 g/mol. The Morgan fingerprint density at radius 3 is 1.04 bits per heavy atom. The van der Waals surface area contributed by atoms with Gasteiger partial charge in [0.05, 0.1) is 0 Å². The van der Waals surface area contributed by atoms with Crippen LogP contribution in [-0.2, 0) is 28.6 Å². The van der Waals surface area contributed by atoms with Crippen LogP contribution in [0.5, 0.6) is 0 Å². The van der Waals surface area contributed by atoms with Crippen molar-refractivity contribution in [1.82, 2.24) is 0 Å². The van der Waals surface area contributed by atoms with Crippen LogP contribution in [0.2, 0.25) is 0 Å². The summed E-state index contributed by atoms with van der Waals surface area (Å²) in [6, 6.07) is 0. The second-order valence-electron chi connectivity index (χ2n) is 17.5. The van der Waals surface area contributed by atoms with Crippen molar-refractivity contribution in [2.75, 3.05) is 13.2 Å². The van der Waals surface area contributed by atoms with Crippen molar-refractivity contribution in [3.8, 4) is 0 Å². The monoisotopic (exact) mass is 779 g/mol. The average molecular weight is 779 g/mol. The maximum atomic E-state index is 12.7. The summed E-state index contributed by atoms with van der Waals surface area (Å²) in [5.41, 5.74) is 0. The van der Waals surface area contributed by atoms with Crippen LogP contribution in [0.15, 0.2) is 0 Å². The first-order chi connectivity index (χ1) is 26.8. The highest BCUT2D eigenvalue weighted by Gasteiger charge is 2.19. The molecule has 0 aromatic heterocycles. The van der Waals surface area contributed by atoms with E-state index in [2.05, 4.69) is 34.6 Å². The minimum absolute atomic E-state index is 0.0649. The first-order valence-electron chi connectivity index (χ1n) is 24.3. The average Bonchev–Trinajstić information content (AvgIpc) is 3.17. The molecule has 0 aliphatic heterocycles. The van der Waals surface area contributed by atoms with Crippen molar-refractivity contribution in [1.29, 1.82) is 0 Å². The Hall–Kier alpha value is -1.59. The van der Waals surface area contributed by atoms with Crippen molar-refractivity contribution >= 4 is 17.9 Å². The van der Waals surface area contributed by atoms with Gasteiger partial charge >= 0.3 is 17.9 Å². The molecule has 0 aliphatic carbocycles. The van der Waals surface area contributed by atoms with Crippen LogP contribution in [0.25, 0.3) is 0 Å². The highest BCUT2D eigenvalue weighted by molar-refractivity contribution is 5.71. The van der Waals surface area contributed by atoms with Gasteiger partial charge in [-0.3, -0.25) is 14.4 Å². The van der Waals surface area contributed by atoms with Gasteiger partial charge in [-0.15, -0.1) is 0 Å². The highest BCUT2D eigenvalue weighted by atomic mass is 16.6. The highest BCUT2D eigenvalue weighted by Crippen LogP contribution is 2.17. The Labute approximate surface area is 342 Å². The van der Waals surface area contributed by atoms with Crippen LogP contribution in [0.1, 0.15) is 266 Å². The fourth-order valence-electron chi connectivity index (χ4n) is 7.25. The molecule has 0 N–H and O–H groups in total. The maximum Gasteiger partial charge on any atom is 0.306 e. The van der Waals surface area contributed by atoms with Crippen LogP contribution in [0, 0.1) is 11.8 Å². The molecule has 0 saturated heterocycles. The van der Waals surface area contributed by atoms with E-state index >= 15 is 0 Å². The topological polar surface area (TPSA) is 78.9 Å². The summed E-state index contributed by atoms with van der Waals surface area (Å²) in [6.07, 6.45) is 40.9. The molecule has 0 radical (unpaired) electrons. The third-order valence-electron chi connectivity index (χ3n) is 11.3. The SMILES string of the molecule is CCCCCCCCCCCC(=O)O[C@H](COC(=O)CCCCCCCCCCCCCCCCCC(C)C)COC(=O)CCCCCCCCC(C)CC. The predicted octanol–water partition coefficient (Wildman–Crippen LogP) is 15.4. The summed E-state index contributed by atoms with van der Waals surface area (Å²) in [7, 11) is 0. The second kappa shape index (κ2) is 42.0. The zero-order valence-electron chi connectivity index (χ0n) is 37.6. The van der Waals surface area contributed by atoms with Crippen LogP contribution >= 0.6 is 0 Å². The van der Waals surface area contributed by atoms with Crippen molar-refractivity contribution < 1.29 is 28.6 Å². The Morgan fingerprint density at radius 1 is 0.382 bits per heavy atom. The third kappa shape index (κ3) is 41.9. The van der Waals surface area contributed by atoms with Crippen LogP contribution in [0.3, 0.4) is 0 Å². The molecule has 0 fully saturated rings. The van der Waals surface area contributed by atoms with Crippen molar-refractivity contribution in [2.24, 2.45) is 11.8 Å². The Kier molecular flexibility index (Phi) is 40.8. The zero-order valence-corrected chi connectivity index (χ0v) is 37.6. The first-order valence-corrected chi connectivity index (χ1v) is 24.3. The van der Waals surface area contributed by atoms with Gasteiger partial charge in [0.2, 0.25) is 0 Å². The smallest absolute Gasteiger partial charge is 0.306 e. The number of carbonyl (C=O) groups is 3. The number of hydrogen-bond acceptors (Lipinski definition) is 6. The molecule has 0 amide bonds. The molecule has 1 unspecified atom stereocenters. The molecule has 6 nitrogen and oxygen atoms in total. The quantitative estimate of drug-likeness (QED) is 0.0348. The van der Waals surface area contributed by atoms with Gasteiger partial charge in [-0.1, -0.05) is 227 Å². The van der Waals surface area contributed by atoms with Gasteiger partial charge in [0.1, 0.15) is 13.2 Å². The van der Waals surface area contributed by atoms with Crippen LogP contribution in [0.4, 0.5) is 0 Å². The van der Waals surface area contributed by atoms with Gasteiger partial charge in [-0.25, -0.2) is 0 Å². The summed E-state index contributed by atoms with van der Waals surface area (Å²) in [6.45, 7) is 11.3. The van der Waals surface area contributed by atoms with E-state index in [1.165, 1.54) is 154 Å². The predicted molar refractivity (Wildman–Crippen MR) is 233 cm³/mol. The van der Waals surface area contributed by atoms with E-state index < -0.39 is 6.10 Å². The van der Waals surface area contributed by atoms with E-state index in [4.69, 9.17) is 14.2 Å². The number of unbranched alkanes of at least 4 members (excludes halogenated alkanes) is 27. The molecule has 2 atom stereocenters. The van der Waals surface area contributed by atoms with E-state index in [0.717, 1.165) is 69.6 Å². The van der Waals surface area contributed by atoms with E-state index in [1.807, 2.05) is 0 Å². The Bertz CT molecular complexity index is 841. The van der Waals surface area contributed by atoms with Gasteiger partial charge in [0.25, 0.3) is 0 Å². The molecule has 0 aromatic rings. The zero-order chi connectivity index (χ0) is 40.5. The number of ether oxygens (including phenoxy) is 3. The third-order valence-corrected chi connectivity index (χ3v) is 11.3. The lowest BCUT2D eigenvalue weighted by atomic mass is 10.00. The lowest BCUT2D eigenvalue weighted by Crippen LogP contribution is -2.30. The number of carbonyl (C=O) groups excluding carboxylic acids is 3. The fourth-order valence-corrected chi connectivity index (χ4v) is 7.25. The molecule has 6 heteroatoms. The summed E-state index contributed by atoms with van der Waals surface area (Å²) in [4.78, 5) is 37.7. The van der Waals surface area contributed by atoms with Crippen LogP contribution < -0.4 is 0 Å². The van der Waals surface area contributed by atoms with Crippen molar-refractivity contribution in [2.45, 2.75) is 272 Å². The molecule has 0 aromatic carbocycles. The number of esters is 3. The van der Waals surface area contributed by atoms with Gasteiger partial charge in [-0.2, -0.15) is 0 Å². The molecule has 326 valence electrons. The van der Waals surface area contributed by atoms with Gasteiger partial charge in [0.15, 0.2) is 6.10 Å². The summed E-state index contributed by atoms with van der Waals surface area (Å²) < 4.78 is 16.7. The number of hydrogen-bond donors (Lipinski definition) is 0. The first kappa shape index (κ1) is 53.4. The Balaban J connectivity index is 4.22. The minimum atomic E-state index is -0.760.